The predicted octanol–water partition coefficient (Wildman–Crippen LogP) is 28.2. The zero-order valence-corrected chi connectivity index (χ0v) is 64.6. The summed E-state index contributed by atoms with van der Waals surface area (Å²) in [6.07, 6.45) is 3.86. The summed E-state index contributed by atoms with van der Waals surface area (Å²) in [5, 5.41) is 19.0. The van der Waals surface area contributed by atoms with Crippen LogP contribution in [0.3, 0.4) is 0 Å². The maximum atomic E-state index is 6.44. The minimum absolute atomic E-state index is 0.609. The van der Waals surface area contributed by atoms with Gasteiger partial charge in [0.25, 0.3) is 0 Å². The third-order valence-corrected chi connectivity index (χ3v) is 24.9. The average molecular weight is 1530 g/mol. The van der Waals surface area contributed by atoms with Gasteiger partial charge in [0.15, 0.2) is 0 Å². The molecule has 0 N–H and O–H groups in total. The molecule has 25 aromatic rings. The Labute approximate surface area is 679 Å². The van der Waals surface area contributed by atoms with Crippen molar-refractivity contribution in [3.8, 4) is 76.8 Å². The van der Waals surface area contributed by atoms with Crippen LogP contribution < -0.4 is 0 Å². The average Bonchev–Trinajstić information content (AvgIpc) is 1.51. The zero-order chi connectivity index (χ0) is 77.0. The Hall–Kier alpha value is -15.2. The van der Waals surface area contributed by atoms with Crippen LogP contribution in [0.25, 0.3) is 208 Å². The fourth-order valence-electron chi connectivity index (χ4n) is 17.8. The highest BCUT2D eigenvalue weighted by Crippen LogP contribution is 2.48. The van der Waals surface area contributed by atoms with Crippen molar-refractivity contribution >= 4 is 154 Å². The highest BCUT2D eigenvalue weighted by atomic mass is 32.1. The Morgan fingerprint density at radius 1 is 0.222 bits per heavy atom. The van der Waals surface area contributed by atoms with Crippen molar-refractivity contribution in [2.24, 2.45) is 0 Å². The first-order chi connectivity index (χ1) is 58.1. The maximum Gasteiger partial charge on any atom is 0.228 e. The van der Waals surface area contributed by atoms with E-state index >= 15 is 0 Å². The molecule has 0 bridgehead atoms. The highest BCUT2D eigenvalue weighted by Gasteiger charge is 2.28. The fourth-order valence-corrected chi connectivity index (χ4v) is 19.8. The molecule has 12 heteroatoms. The van der Waals surface area contributed by atoms with Crippen LogP contribution >= 0.6 is 22.7 Å². The van der Waals surface area contributed by atoms with Crippen molar-refractivity contribution in [3.05, 3.63) is 407 Å². The molecule has 0 saturated carbocycles. The molecule has 0 atom stereocenters. The lowest BCUT2D eigenvalue weighted by atomic mass is 10.1. The Balaban J connectivity index is 0.000000104. The zero-order valence-electron chi connectivity index (χ0n) is 62.9. The normalized spacial score (nSPS) is 11.8. The summed E-state index contributed by atoms with van der Waals surface area (Å²) in [6.45, 7) is 0. The number of thiazole rings is 2. The Morgan fingerprint density at radius 2 is 0.547 bits per heavy atom. The third-order valence-electron chi connectivity index (χ3n) is 22.8. The van der Waals surface area contributed by atoms with Crippen LogP contribution in [0.15, 0.2) is 411 Å². The molecule has 10 nitrogen and oxygen atoms in total. The molecule has 0 fully saturated rings. The van der Waals surface area contributed by atoms with Gasteiger partial charge < -0.3 is 18.1 Å². The van der Waals surface area contributed by atoms with Crippen molar-refractivity contribution in [1.82, 2.24) is 42.4 Å². The van der Waals surface area contributed by atoms with Gasteiger partial charge in [-0.2, -0.15) is 0 Å². The Morgan fingerprint density at radius 3 is 1.00 bits per heavy atom. The molecule has 0 aliphatic carbocycles. The van der Waals surface area contributed by atoms with E-state index in [1.165, 1.54) is 114 Å². The lowest BCUT2D eigenvalue weighted by Crippen LogP contribution is -1.97. The van der Waals surface area contributed by atoms with E-state index in [1.54, 1.807) is 22.7 Å². The van der Waals surface area contributed by atoms with Crippen LogP contribution in [-0.4, -0.2) is 42.4 Å². The van der Waals surface area contributed by atoms with Crippen molar-refractivity contribution in [2.45, 2.75) is 0 Å². The van der Waals surface area contributed by atoms with Gasteiger partial charge in [-0.1, -0.05) is 320 Å². The van der Waals surface area contributed by atoms with Gasteiger partial charge in [-0.3, -0.25) is 13.7 Å². The van der Waals surface area contributed by atoms with Crippen molar-refractivity contribution < 1.29 is 4.42 Å². The van der Waals surface area contributed by atoms with E-state index in [4.69, 9.17) is 14.4 Å². The van der Waals surface area contributed by atoms with Crippen molar-refractivity contribution in [2.75, 3.05) is 0 Å². The summed E-state index contributed by atoms with van der Waals surface area (Å²) in [5.41, 5.74) is 22.9. The van der Waals surface area contributed by atoms with Crippen LogP contribution in [0.4, 0.5) is 0 Å². The van der Waals surface area contributed by atoms with E-state index < -0.39 is 0 Å². The summed E-state index contributed by atoms with van der Waals surface area (Å²) in [6, 6.07) is 139. The quantitative estimate of drug-likeness (QED) is 0.137. The molecule has 0 saturated heterocycles. The second-order valence-electron chi connectivity index (χ2n) is 29.4. The van der Waals surface area contributed by atoms with Gasteiger partial charge in [-0.05, 0) is 97.1 Å². The standard InChI is InChI=1S/C39H25N3S.C33H21N3O.C33H21N3S/c1-4-14-26(15-5-1)37-39(43-38(40-37)27-16-6-2-7-17-27)42-34-23-13-11-21-30(34)32-24-35-31(25-36(32)42)29-20-10-12-22-33(29)41(35)28-18-8-3-9-19-28;2*1-3-11-22(12-4-1)33-34-21-30(37-33)36-29-18-10-8-16-25(29)27-20-19-26-24-15-7-9-17-28(24)35(31(26)32(27)36)23-13-5-2-6-14-23/h1-25H;2*1-21H. The van der Waals surface area contributed by atoms with Gasteiger partial charge in [0.1, 0.15) is 25.7 Å². The number of hydrogen-bond donors (Lipinski definition) is 0. The first kappa shape index (κ1) is 67.5. The van der Waals surface area contributed by atoms with E-state index in [2.05, 4.69) is 390 Å². The molecule has 117 heavy (non-hydrogen) atoms. The Bertz CT molecular complexity index is 7810. The molecular weight excluding hydrogens is 1470 g/mol. The predicted molar refractivity (Wildman–Crippen MR) is 489 cm³/mol. The number of aromatic nitrogens is 9. The molecule has 9 aromatic heterocycles. The first-order valence-corrected chi connectivity index (χ1v) is 40.9. The van der Waals surface area contributed by atoms with Gasteiger partial charge in [0.2, 0.25) is 11.8 Å². The lowest BCUT2D eigenvalue weighted by molar-refractivity contribution is 0.554. The Kier molecular flexibility index (Phi) is 16.1. The van der Waals surface area contributed by atoms with Crippen LogP contribution in [0.1, 0.15) is 0 Å². The first-order valence-electron chi connectivity index (χ1n) is 39.3. The van der Waals surface area contributed by atoms with Gasteiger partial charge in [0, 0.05) is 104 Å². The number of benzene rings is 16. The SMILES string of the molecule is c1ccc(-c2nc(-c3ccccc3)c(-n3c4ccccc4c4cc5c(cc43)c3ccccc3n5-c3ccccc3)s2)cc1.c1ccc(-c2ncc(-n3c4ccccc4c4ccc5c6ccccc6n(-c6ccccc6)c5c43)o2)cc1.c1ccc(-c2ncc(-n3c4ccccc4c4ccc5c6ccccc6n(-c6ccccc6)c5c43)s2)cc1. The molecule has 0 amide bonds. The molecular formula is C105H67N9OS2. The second-order valence-corrected chi connectivity index (χ2v) is 31.4. The number of para-hydroxylation sites is 9. The largest absolute Gasteiger partial charge is 0.420 e. The van der Waals surface area contributed by atoms with E-state index in [0.717, 1.165) is 81.6 Å². The van der Waals surface area contributed by atoms with E-state index in [9.17, 15) is 0 Å². The summed E-state index contributed by atoms with van der Waals surface area (Å²) in [5.74, 6) is 1.31. The third kappa shape index (κ3) is 11.0. The summed E-state index contributed by atoms with van der Waals surface area (Å²) < 4.78 is 20.7. The molecule has 0 aliphatic heterocycles. The maximum absolute atomic E-state index is 6.44. The molecule has 25 rings (SSSR count). The van der Waals surface area contributed by atoms with Crippen LogP contribution in [0.2, 0.25) is 0 Å². The molecule has 0 radical (unpaired) electrons. The fraction of sp³-hybridized carbons (Fsp3) is 0. The summed E-state index contributed by atoms with van der Waals surface area (Å²) in [4.78, 5) is 14.8. The summed E-state index contributed by atoms with van der Waals surface area (Å²) in [7, 11) is 0. The molecule has 550 valence electrons. The van der Waals surface area contributed by atoms with Crippen molar-refractivity contribution in [3.63, 3.8) is 0 Å². The molecule has 9 heterocycles. The molecule has 0 unspecified atom stereocenters. The van der Waals surface area contributed by atoms with Crippen LogP contribution in [-0.2, 0) is 0 Å². The van der Waals surface area contributed by atoms with Gasteiger partial charge in [0.05, 0.1) is 78.6 Å². The van der Waals surface area contributed by atoms with Gasteiger partial charge in [-0.25, -0.2) is 15.0 Å². The number of nitrogens with zero attached hydrogens (tertiary/aromatic N) is 9. The smallest absolute Gasteiger partial charge is 0.228 e. The topological polar surface area (TPSA) is 81.4 Å². The van der Waals surface area contributed by atoms with E-state index in [0.29, 0.717) is 11.8 Å². The molecule has 0 aliphatic rings. The number of fused-ring (bicyclic) bond motifs is 20. The van der Waals surface area contributed by atoms with Crippen LogP contribution in [0, 0.1) is 0 Å². The minimum atomic E-state index is 0.609. The number of oxazole rings is 1. The second kappa shape index (κ2) is 27.9. The van der Waals surface area contributed by atoms with Gasteiger partial charge >= 0.3 is 0 Å². The summed E-state index contributed by atoms with van der Waals surface area (Å²) >= 11 is 3.49. The van der Waals surface area contributed by atoms with E-state index in [1.807, 2.05) is 48.8 Å². The number of rotatable bonds is 10. The molecule has 16 aromatic carbocycles. The van der Waals surface area contributed by atoms with Crippen LogP contribution in [0.5, 0.6) is 0 Å². The minimum Gasteiger partial charge on any atom is -0.420 e. The highest BCUT2D eigenvalue weighted by molar-refractivity contribution is 7.18. The monoisotopic (exact) mass is 1530 g/mol. The van der Waals surface area contributed by atoms with Gasteiger partial charge in [-0.15, -0.1) is 0 Å². The number of hydrogen-bond acceptors (Lipinski definition) is 6. The van der Waals surface area contributed by atoms with E-state index in [-0.39, 0.29) is 0 Å². The lowest BCUT2D eigenvalue weighted by Gasteiger charge is -2.11. The van der Waals surface area contributed by atoms with Crippen molar-refractivity contribution in [1.29, 1.82) is 0 Å². The molecule has 0 spiro atoms.